The van der Waals surface area contributed by atoms with E-state index in [0.29, 0.717) is 23.1 Å². The Bertz CT molecular complexity index is 762. The summed E-state index contributed by atoms with van der Waals surface area (Å²) in [6, 6.07) is 3.65. The minimum absolute atomic E-state index is 0.263. The molecule has 0 bridgehead atoms. The number of nitrogens with one attached hydrogen (secondary N) is 1. The van der Waals surface area contributed by atoms with E-state index < -0.39 is 5.60 Å². The van der Waals surface area contributed by atoms with Crippen LogP contribution in [0.3, 0.4) is 0 Å². The van der Waals surface area contributed by atoms with Crippen LogP contribution in [0.4, 0.5) is 4.79 Å². The minimum atomic E-state index is -0.482. The van der Waals surface area contributed by atoms with Crippen molar-refractivity contribution in [2.75, 3.05) is 13.1 Å². The summed E-state index contributed by atoms with van der Waals surface area (Å²) in [5.41, 5.74) is 2.77. The van der Waals surface area contributed by atoms with E-state index in [1.54, 1.807) is 11.0 Å². The quantitative estimate of drug-likeness (QED) is 0.737. The average Bonchev–Trinajstić information content (AvgIpc) is 2.61. The number of hydrogen-bond donors (Lipinski definition) is 1. The fourth-order valence-corrected chi connectivity index (χ4v) is 3.58. The van der Waals surface area contributed by atoms with Gasteiger partial charge in [-0.3, -0.25) is 0 Å². The van der Waals surface area contributed by atoms with Gasteiger partial charge in [0.15, 0.2) is 0 Å². The highest BCUT2D eigenvalue weighted by molar-refractivity contribution is 6.38. The fraction of sp³-hybridized carbons (Fsp3) is 0.471. The van der Waals surface area contributed by atoms with Gasteiger partial charge in [0.05, 0.1) is 5.02 Å². The van der Waals surface area contributed by atoms with Crippen LogP contribution in [-0.4, -0.2) is 34.7 Å². The number of fused-ring (bicyclic) bond motifs is 3. The molecule has 0 unspecified atom stereocenters. The molecule has 0 spiro atoms. The number of aromatic nitrogens is 1. The summed E-state index contributed by atoms with van der Waals surface area (Å²) in [6.07, 6.45) is 1.23. The van der Waals surface area contributed by atoms with Gasteiger partial charge in [-0.25, -0.2) is 4.79 Å². The zero-order chi connectivity index (χ0) is 16.8. The number of aromatic amines is 1. The van der Waals surface area contributed by atoms with Crippen molar-refractivity contribution in [2.45, 2.75) is 39.2 Å². The summed E-state index contributed by atoms with van der Waals surface area (Å²) in [6.45, 7) is 6.88. The lowest BCUT2D eigenvalue weighted by Gasteiger charge is -2.26. The molecule has 1 aromatic carbocycles. The summed E-state index contributed by atoms with van der Waals surface area (Å²) < 4.78 is 5.47. The molecule has 0 saturated carbocycles. The van der Waals surface area contributed by atoms with Gasteiger partial charge < -0.3 is 14.6 Å². The number of carbonyl (C=O) groups excluding carboxylic acids is 1. The molecule has 3 rings (SSSR count). The molecule has 2 aromatic rings. The topological polar surface area (TPSA) is 45.3 Å². The van der Waals surface area contributed by atoms with E-state index in [1.807, 2.05) is 26.8 Å². The normalized spacial score (nSPS) is 15.4. The number of nitrogens with zero attached hydrogens (tertiary/aromatic N) is 1. The lowest BCUT2D eigenvalue weighted by molar-refractivity contribution is 0.0258. The van der Waals surface area contributed by atoms with Gasteiger partial charge in [0.25, 0.3) is 0 Å². The summed E-state index contributed by atoms with van der Waals surface area (Å²) >= 11 is 12.4. The van der Waals surface area contributed by atoms with E-state index in [2.05, 4.69) is 4.98 Å². The molecular formula is C17H20Cl2N2O2. The lowest BCUT2D eigenvalue weighted by atomic mass is 10.1. The second-order valence-electron chi connectivity index (χ2n) is 6.86. The summed E-state index contributed by atoms with van der Waals surface area (Å²) in [4.78, 5) is 17.4. The van der Waals surface area contributed by atoms with Crippen LogP contribution in [0.1, 0.15) is 32.0 Å². The molecule has 124 valence electrons. The van der Waals surface area contributed by atoms with Crippen molar-refractivity contribution in [3.8, 4) is 0 Å². The third kappa shape index (κ3) is 3.43. The van der Waals surface area contributed by atoms with Crippen molar-refractivity contribution in [1.29, 1.82) is 0 Å². The number of hydrogen-bond acceptors (Lipinski definition) is 2. The maximum atomic E-state index is 12.3. The number of benzene rings is 1. The number of rotatable bonds is 0. The first-order valence-corrected chi connectivity index (χ1v) is 8.46. The van der Waals surface area contributed by atoms with Crippen molar-refractivity contribution in [3.63, 3.8) is 0 Å². The van der Waals surface area contributed by atoms with Crippen molar-refractivity contribution in [3.05, 3.63) is 33.4 Å². The number of halogens is 2. The van der Waals surface area contributed by atoms with Gasteiger partial charge in [0.1, 0.15) is 5.60 Å². The molecule has 2 heterocycles. The van der Waals surface area contributed by atoms with Crippen molar-refractivity contribution in [1.82, 2.24) is 9.88 Å². The Morgan fingerprint density at radius 2 is 1.91 bits per heavy atom. The van der Waals surface area contributed by atoms with Gasteiger partial charge in [-0.05, 0) is 44.9 Å². The molecule has 23 heavy (non-hydrogen) atoms. The van der Waals surface area contributed by atoms with Crippen LogP contribution < -0.4 is 0 Å². The summed E-state index contributed by atoms with van der Waals surface area (Å²) in [5.74, 6) is 0. The zero-order valence-electron chi connectivity index (χ0n) is 13.5. The molecule has 6 heteroatoms. The molecule has 4 nitrogen and oxygen atoms in total. The number of ether oxygens (including phenoxy) is 1. The Morgan fingerprint density at radius 1 is 1.22 bits per heavy atom. The maximum Gasteiger partial charge on any atom is 0.410 e. The van der Waals surface area contributed by atoms with E-state index in [1.165, 1.54) is 5.56 Å². The van der Waals surface area contributed by atoms with Crippen LogP contribution in [0, 0.1) is 0 Å². The average molecular weight is 355 g/mol. The molecule has 1 amide bonds. The molecular weight excluding hydrogens is 335 g/mol. The Morgan fingerprint density at radius 3 is 2.61 bits per heavy atom. The van der Waals surface area contributed by atoms with Crippen molar-refractivity contribution >= 4 is 40.2 Å². The SMILES string of the molecule is CC(C)(C)OC(=O)N1CCc2[nH]c3cc(Cl)cc(Cl)c3c2CC1. The number of carbonyl (C=O) groups is 1. The molecule has 1 aliphatic heterocycles. The van der Waals surface area contributed by atoms with Crippen molar-refractivity contribution < 1.29 is 9.53 Å². The Labute approximate surface area is 145 Å². The van der Waals surface area contributed by atoms with E-state index >= 15 is 0 Å². The van der Waals surface area contributed by atoms with Crippen LogP contribution in [0.15, 0.2) is 12.1 Å². The number of H-pyrrole nitrogens is 1. The maximum absolute atomic E-state index is 12.3. The Kier molecular flexibility index (Phi) is 4.23. The first-order valence-electron chi connectivity index (χ1n) is 7.71. The molecule has 1 N–H and O–H groups in total. The molecule has 1 aliphatic rings. The first-order chi connectivity index (χ1) is 10.7. The third-order valence-electron chi connectivity index (χ3n) is 3.92. The van der Waals surface area contributed by atoms with Gasteiger partial charge >= 0.3 is 6.09 Å². The number of amides is 1. The second kappa shape index (κ2) is 5.91. The molecule has 0 saturated heterocycles. The van der Waals surface area contributed by atoms with Crippen LogP contribution in [0.5, 0.6) is 0 Å². The molecule has 1 aromatic heterocycles. The monoisotopic (exact) mass is 354 g/mol. The van der Waals surface area contributed by atoms with E-state index in [0.717, 1.165) is 29.4 Å². The molecule has 0 aliphatic carbocycles. The van der Waals surface area contributed by atoms with Crippen LogP contribution in [-0.2, 0) is 17.6 Å². The summed E-state index contributed by atoms with van der Waals surface area (Å²) in [7, 11) is 0. The van der Waals surface area contributed by atoms with Gasteiger partial charge in [0.2, 0.25) is 0 Å². The van der Waals surface area contributed by atoms with Gasteiger partial charge in [-0.2, -0.15) is 0 Å². The van der Waals surface area contributed by atoms with Gasteiger partial charge in [-0.15, -0.1) is 0 Å². The van der Waals surface area contributed by atoms with Gasteiger partial charge in [-0.1, -0.05) is 23.2 Å². The van der Waals surface area contributed by atoms with Gasteiger partial charge in [0, 0.05) is 41.1 Å². The van der Waals surface area contributed by atoms with E-state index in [-0.39, 0.29) is 6.09 Å². The lowest BCUT2D eigenvalue weighted by Crippen LogP contribution is -2.38. The second-order valence-corrected chi connectivity index (χ2v) is 7.70. The first kappa shape index (κ1) is 16.5. The highest BCUT2D eigenvalue weighted by Gasteiger charge is 2.26. The molecule has 0 fully saturated rings. The predicted octanol–water partition coefficient (Wildman–Crippen LogP) is 4.81. The highest BCUT2D eigenvalue weighted by Crippen LogP contribution is 2.34. The smallest absolute Gasteiger partial charge is 0.410 e. The zero-order valence-corrected chi connectivity index (χ0v) is 15.0. The van der Waals surface area contributed by atoms with E-state index in [4.69, 9.17) is 27.9 Å². The largest absolute Gasteiger partial charge is 0.444 e. The summed E-state index contributed by atoms with van der Waals surface area (Å²) in [5, 5.41) is 2.28. The highest BCUT2D eigenvalue weighted by atomic mass is 35.5. The molecule has 0 radical (unpaired) electrons. The van der Waals surface area contributed by atoms with Crippen LogP contribution in [0.2, 0.25) is 10.0 Å². The standard InChI is InChI=1S/C17H20Cl2N2O2/c1-17(2,3)23-16(22)21-6-4-11-13(5-7-21)20-14-9-10(18)8-12(19)15(11)14/h8-9,20H,4-7H2,1-3H3. The van der Waals surface area contributed by atoms with Crippen molar-refractivity contribution in [2.24, 2.45) is 0 Å². The van der Waals surface area contributed by atoms with E-state index in [9.17, 15) is 4.79 Å². The third-order valence-corrected chi connectivity index (χ3v) is 4.44. The minimum Gasteiger partial charge on any atom is -0.444 e. The predicted molar refractivity (Wildman–Crippen MR) is 93.5 cm³/mol. The Hall–Kier alpha value is -1.39. The fourth-order valence-electron chi connectivity index (χ4n) is 2.97. The van der Waals surface area contributed by atoms with Crippen LogP contribution >= 0.6 is 23.2 Å². The molecule has 0 atom stereocenters. The van der Waals surface area contributed by atoms with Crippen LogP contribution in [0.25, 0.3) is 10.9 Å². The Balaban J connectivity index is 1.86.